The number of nitrogen functional groups attached to an aromatic ring is 1. The maximum absolute atomic E-state index is 11.8. The van der Waals surface area contributed by atoms with Gasteiger partial charge in [-0.25, -0.2) is 0 Å². The summed E-state index contributed by atoms with van der Waals surface area (Å²) >= 11 is 0. The Balaban J connectivity index is 2.68. The van der Waals surface area contributed by atoms with Crippen LogP contribution in [-0.2, 0) is 4.74 Å². The van der Waals surface area contributed by atoms with E-state index in [1.165, 1.54) is 0 Å². The fraction of sp³-hybridized carbons (Fsp3) is 0.462. The predicted octanol–water partition coefficient (Wildman–Crippen LogP) is 1.73. The molecule has 0 aliphatic rings. The van der Waals surface area contributed by atoms with Crippen LogP contribution in [0.25, 0.3) is 0 Å². The second-order valence-corrected chi connectivity index (χ2v) is 4.72. The van der Waals surface area contributed by atoms with E-state index < -0.39 is 0 Å². The Morgan fingerprint density at radius 1 is 1.47 bits per heavy atom. The second kappa shape index (κ2) is 5.19. The van der Waals surface area contributed by atoms with Crippen molar-refractivity contribution in [1.29, 1.82) is 0 Å². The molecular weight excluding hydrogens is 216 g/mol. The van der Waals surface area contributed by atoms with Gasteiger partial charge in [0.05, 0.1) is 5.60 Å². The number of hydrogen-bond donors (Lipinski definition) is 2. The normalized spacial score (nSPS) is 11.3. The van der Waals surface area contributed by atoms with E-state index in [4.69, 9.17) is 10.5 Å². The Morgan fingerprint density at radius 3 is 2.65 bits per heavy atom. The average molecular weight is 236 g/mol. The van der Waals surface area contributed by atoms with E-state index in [2.05, 4.69) is 5.32 Å². The largest absolute Gasteiger partial charge is 0.398 e. The number of carbonyl (C=O) groups is 1. The Bertz CT molecular complexity index is 414. The number of hydrogen-bond acceptors (Lipinski definition) is 3. The summed E-state index contributed by atoms with van der Waals surface area (Å²) in [6.45, 7) is 6.19. The molecule has 3 N–H and O–H groups in total. The minimum Gasteiger partial charge on any atom is -0.398 e. The van der Waals surface area contributed by atoms with Gasteiger partial charge in [-0.15, -0.1) is 0 Å². The number of anilines is 1. The van der Waals surface area contributed by atoms with Gasteiger partial charge in [0.15, 0.2) is 0 Å². The van der Waals surface area contributed by atoms with E-state index in [1.807, 2.05) is 26.8 Å². The Kier molecular flexibility index (Phi) is 4.12. The fourth-order valence-electron chi connectivity index (χ4n) is 1.25. The third kappa shape index (κ3) is 3.75. The zero-order valence-electron chi connectivity index (χ0n) is 10.8. The van der Waals surface area contributed by atoms with Gasteiger partial charge in [0.25, 0.3) is 5.91 Å². The molecule has 1 aromatic carbocycles. The van der Waals surface area contributed by atoms with Crippen LogP contribution >= 0.6 is 0 Å². The summed E-state index contributed by atoms with van der Waals surface area (Å²) in [5.41, 5.74) is 7.56. The van der Waals surface area contributed by atoms with Gasteiger partial charge in [0.2, 0.25) is 0 Å². The predicted molar refractivity (Wildman–Crippen MR) is 69.0 cm³/mol. The fourth-order valence-corrected chi connectivity index (χ4v) is 1.25. The first kappa shape index (κ1) is 13.5. The summed E-state index contributed by atoms with van der Waals surface area (Å²) in [4.78, 5) is 11.8. The first-order valence-corrected chi connectivity index (χ1v) is 5.55. The summed E-state index contributed by atoms with van der Waals surface area (Å²) in [5.74, 6) is -0.137. The third-order valence-electron chi connectivity index (χ3n) is 2.77. The smallest absolute Gasteiger partial charge is 0.251 e. The number of benzene rings is 1. The molecule has 94 valence electrons. The number of aryl methyl sites for hydroxylation is 1. The maximum Gasteiger partial charge on any atom is 0.251 e. The van der Waals surface area contributed by atoms with Gasteiger partial charge in [-0.1, -0.05) is 6.07 Å². The quantitative estimate of drug-likeness (QED) is 0.782. The highest BCUT2D eigenvalue weighted by Crippen LogP contribution is 2.13. The molecule has 1 amide bonds. The zero-order chi connectivity index (χ0) is 13.1. The lowest BCUT2D eigenvalue weighted by molar-refractivity contribution is 0.0229. The molecule has 0 saturated carbocycles. The Hall–Kier alpha value is -1.55. The molecule has 1 rings (SSSR count). The zero-order valence-corrected chi connectivity index (χ0v) is 10.8. The van der Waals surface area contributed by atoms with Crippen molar-refractivity contribution in [3.05, 3.63) is 29.3 Å². The number of methoxy groups -OCH3 is 1. The number of nitrogens with one attached hydrogen (secondary N) is 1. The highest BCUT2D eigenvalue weighted by atomic mass is 16.5. The van der Waals surface area contributed by atoms with Crippen molar-refractivity contribution in [2.24, 2.45) is 0 Å². The summed E-state index contributed by atoms with van der Waals surface area (Å²) in [7, 11) is 1.62. The van der Waals surface area contributed by atoms with E-state index in [9.17, 15) is 4.79 Å². The van der Waals surface area contributed by atoms with Crippen LogP contribution in [0.2, 0.25) is 0 Å². The minimum atomic E-state index is -0.369. The highest BCUT2D eigenvalue weighted by Gasteiger charge is 2.17. The van der Waals surface area contributed by atoms with Gasteiger partial charge >= 0.3 is 0 Å². The molecule has 4 heteroatoms. The monoisotopic (exact) mass is 236 g/mol. The van der Waals surface area contributed by atoms with Crippen molar-refractivity contribution < 1.29 is 9.53 Å². The molecule has 0 radical (unpaired) electrons. The molecule has 4 nitrogen and oxygen atoms in total. The molecule has 0 aliphatic carbocycles. The molecule has 0 aliphatic heterocycles. The Labute approximate surface area is 102 Å². The van der Waals surface area contributed by atoms with Crippen LogP contribution in [0.1, 0.15) is 29.8 Å². The van der Waals surface area contributed by atoms with Crippen molar-refractivity contribution >= 4 is 11.6 Å². The van der Waals surface area contributed by atoms with E-state index in [-0.39, 0.29) is 11.5 Å². The van der Waals surface area contributed by atoms with Gasteiger partial charge in [0.1, 0.15) is 0 Å². The van der Waals surface area contributed by atoms with Crippen molar-refractivity contribution in [3.63, 3.8) is 0 Å². The van der Waals surface area contributed by atoms with Crippen LogP contribution in [0, 0.1) is 6.92 Å². The van der Waals surface area contributed by atoms with E-state index in [0.717, 1.165) is 5.56 Å². The number of ether oxygens (including phenoxy) is 1. The first-order valence-electron chi connectivity index (χ1n) is 5.55. The Morgan fingerprint density at radius 2 is 2.12 bits per heavy atom. The van der Waals surface area contributed by atoms with E-state index >= 15 is 0 Å². The van der Waals surface area contributed by atoms with Crippen molar-refractivity contribution in [2.75, 3.05) is 19.4 Å². The molecule has 0 fully saturated rings. The third-order valence-corrected chi connectivity index (χ3v) is 2.77. The lowest BCUT2D eigenvalue weighted by Crippen LogP contribution is -2.39. The first-order chi connectivity index (χ1) is 7.85. The van der Waals surface area contributed by atoms with Crippen LogP contribution in [-0.4, -0.2) is 25.2 Å². The van der Waals surface area contributed by atoms with Crippen molar-refractivity contribution in [2.45, 2.75) is 26.4 Å². The molecule has 0 spiro atoms. The molecule has 1 aromatic rings. The van der Waals surface area contributed by atoms with Gasteiger partial charge in [0, 0.05) is 24.9 Å². The number of nitrogens with two attached hydrogens (primary N) is 1. The molecule has 17 heavy (non-hydrogen) atoms. The van der Waals surface area contributed by atoms with E-state index in [0.29, 0.717) is 17.8 Å². The molecular formula is C13H20N2O2. The van der Waals surface area contributed by atoms with Gasteiger partial charge in [-0.05, 0) is 38.5 Å². The van der Waals surface area contributed by atoms with Crippen molar-refractivity contribution in [1.82, 2.24) is 5.32 Å². The van der Waals surface area contributed by atoms with Gasteiger partial charge < -0.3 is 15.8 Å². The van der Waals surface area contributed by atoms with Crippen LogP contribution < -0.4 is 11.1 Å². The highest BCUT2D eigenvalue weighted by molar-refractivity contribution is 5.95. The SMILES string of the molecule is COC(C)(C)CNC(=O)c1ccc(C)c(N)c1. The molecule has 0 saturated heterocycles. The second-order valence-electron chi connectivity index (χ2n) is 4.72. The van der Waals surface area contributed by atoms with Crippen LogP contribution in [0.3, 0.4) is 0 Å². The average Bonchev–Trinajstić information content (AvgIpc) is 2.30. The number of amides is 1. The molecule has 0 unspecified atom stereocenters. The number of carbonyl (C=O) groups excluding carboxylic acids is 1. The van der Waals surface area contributed by atoms with Crippen LogP contribution in [0.5, 0.6) is 0 Å². The van der Waals surface area contributed by atoms with E-state index in [1.54, 1.807) is 19.2 Å². The standard InChI is InChI=1S/C13H20N2O2/c1-9-5-6-10(7-11(9)14)12(16)15-8-13(2,3)17-4/h5-7H,8,14H2,1-4H3,(H,15,16). The minimum absolute atomic E-state index is 0.137. The topological polar surface area (TPSA) is 64.3 Å². The van der Waals surface area contributed by atoms with Crippen LogP contribution in [0.4, 0.5) is 5.69 Å². The van der Waals surface area contributed by atoms with Crippen LogP contribution in [0.15, 0.2) is 18.2 Å². The van der Waals surface area contributed by atoms with Gasteiger partial charge in [-0.3, -0.25) is 4.79 Å². The molecule has 0 heterocycles. The lowest BCUT2D eigenvalue weighted by Gasteiger charge is -2.23. The summed E-state index contributed by atoms with van der Waals surface area (Å²) in [6.07, 6.45) is 0. The lowest BCUT2D eigenvalue weighted by atomic mass is 10.1. The summed E-state index contributed by atoms with van der Waals surface area (Å²) in [6, 6.07) is 5.29. The number of rotatable bonds is 4. The van der Waals surface area contributed by atoms with Gasteiger partial charge in [-0.2, -0.15) is 0 Å². The summed E-state index contributed by atoms with van der Waals surface area (Å²) in [5, 5.41) is 2.82. The summed E-state index contributed by atoms with van der Waals surface area (Å²) < 4.78 is 5.23. The molecule has 0 aromatic heterocycles. The molecule has 0 bridgehead atoms. The maximum atomic E-state index is 11.8. The molecule has 0 atom stereocenters. The van der Waals surface area contributed by atoms with Crippen molar-refractivity contribution in [3.8, 4) is 0 Å².